The first-order chi connectivity index (χ1) is 8.69. The summed E-state index contributed by atoms with van der Waals surface area (Å²) in [5, 5.41) is 0. The lowest BCUT2D eigenvalue weighted by molar-refractivity contribution is -0.140. The van der Waals surface area contributed by atoms with Gasteiger partial charge >= 0.3 is 5.97 Å². The van der Waals surface area contributed by atoms with E-state index in [1.807, 2.05) is 0 Å². The van der Waals surface area contributed by atoms with E-state index in [1.165, 1.54) is 0 Å². The Balaban J connectivity index is 1.92. The van der Waals surface area contributed by atoms with E-state index in [0.717, 1.165) is 12.7 Å². The zero-order valence-corrected chi connectivity index (χ0v) is 10.3. The molecule has 1 fully saturated rings. The zero-order chi connectivity index (χ0) is 13.0. The fourth-order valence-electron chi connectivity index (χ4n) is 1.78. The van der Waals surface area contributed by atoms with Crippen LogP contribution in [0.4, 0.5) is 0 Å². The first kappa shape index (κ1) is 12.8. The average Bonchev–Trinajstić information content (AvgIpc) is 2.38. The molecule has 1 aromatic carbocycles. The number of hydrogen-bond donors (Lipinski definition) is 0. The van der Waals surface area contributed by atoms with E-state index >= 15 is 0 Å². The Kier molecular flexibility index (Phi) is 3.77. The molecule has 1 heterocycles. The van der Waals surface area contributed by atoms with E-state index in [4.69, 9.17) is 9.47 Å². The minimum Gasteiger partial charge on any atom is -0.461 e. The van der Waals surface area contributed by atoms with Crippen molar-refractivity contribution >= 4 is 12.3 Å². The predicted molar refractivity (Wildman–Crippen MR) is 65.7 cm³/mol. The Morgan fingerprint density at radius 1 is 1.39 bits per heavy atom. The number of benzene rings is 1. The number of ether oxygens (including phenoxy) is 2. The molecule has 2 rings (SSSR count). The van der Waals surface area contributed by atoms with Crippen LogP contribution in [0.5, 0.6) is 0 Å². The van der Waals surface area contributed by atoms with Crippen molar-refractivity contribution in [2.24, 2.45) is 5.41 Å². The lowest BCUT2D eigenvalue weighted by Gasteiger charge is -2.39. The normalized spacial score (nSPS) is 16.7. The van der Waals surface area contributed by atoms with Crippen molar-refractivity contribution in [2.45, 2.75) is 13.3 Å². The molecular formula is C14H16O4. The molecule has 0 amide bonds. The van der Waals surface area contributed by atoms with Crippen LogP contribution >= 0.6 is 0 Å². The smallest absolute Gasteiger partial charge is 0.338 e. The van der Waals surface area contributed by atoms with E-state index in [-0.39, 0.29) is 11.4 Å². The highest BCUT2D eigenvalue weighted by molar-refractivity contribution is 5.90. The second kappa shape index (κ2) is 5.31. The number of carbonyl (C=O) groups is 2. The summed E-state index contributed by atoms with van der Waals surface area (Å²) in [4.78, 5) is 22.3. The molecule has 4 heteroatoms. The fourth-order valence-corrected chi connectivity index (χ4v) is 1.78. The molecule has 0 aliphatic carbocycles. The lowest BCUT2D eigenvalue weighted by atomic mass is 9.84. The molecule has 96 valence electrons. The number of carbonyl (C=O) groups excluding carboxylic acids is 2. The molecule has 4 nitrogen and oxygen atoms in total. The van der Waals surface area contributed by atoms with Gasteiger partial charge in [-0.25, -0.2) is 4.79 Å². The quantitative estimate of drug-likeness (QED) is 0.591. The average molecular weight is 248 g/mol. The maximum absolute atomic E-state index is 11.8. The molecule has 0 atom stereocenters. The minimum atomic E-state index is -0.354. The van der Waals surface area contributed by atoms with Crippen molar-refractivity contribution in [3.8, 4) is 0 Å². The zero-order valence-electron chi connectivity index (χ0n) is 10.3. The van der Waals surface area contributed by atoms with Gasteiger partial charge in [0.1, 0.15) is 12.9 Å². The first-order valence-electron chi connectivity index (χ1n) is 5.99. The predicted octanol–water partition coefficient (Wildman–Crippen LogP) is 2.08. The maximum atomic E-state index is 11.8. The summed E-state index contributed by atoms with van der Waals surface area (Å²) in [5.41, 5.74) is 1.01. The van der Waals surface area contributed by atoms with Crippen LogP contribution in [-0.4, -0.2) is 32.1 Å². The van der Waals surface area contributed by atoms with Crippen molar-refractivity contribution in [3.63, 3.8) is 0 Å². The van der Waals surface area contributed by atoms with Crippen LogP contribution in [0.3, 0.4) is 0 Å². The van der Waals surface area contributed by atoms with Crippen molar-refractivity contribution in [1.82, 2.24) is 0 Å². The summed E-state index contributed by atoms with van der Waals surface area (Å²) in [6, 6.07) is 6.40. The van der Waals surface area contributed by atoms with Gasteiger partial charge in [0.2, 0.25) is 0 Å². The summed E-state index contributed by atoms with van der Waals surface area (Å²) < 4.78 is 10.5. The maximum Gasteiger partial charge on any atom is 0.338 e. The molecule has 0 N–H and O–H groups in total. The van der Waals surface area contributed by atoms with Gasteiger partial charge in [-0.05, 0) is 18.6 Å². The third-order valence-electron chi connectivity index (χ3n) is 3.36. The Morgan fingerprint density at radius 2 is 2.06 bits per heavy atom. The van der Waals surface area contributed by atoms with Gasteiger partial charge in [0, 0.05) is 5.56 Å². The Bertz CT molecular complexity index is 426. The molecule has 0 bridgehead atoms. The van der Waals surface area contributed by atoms with Crippen molar-refractivity contribution in [3.05, 3.63) is 35.4 Å². The molecule has 1 aliphatic heterocycles. The molecule has 1 aromatic rings. The molecule has 0 saturated carbocycles. The minimum absolute atomic E-state index is 0.00159. The topological polar surface area (TPSA) is 52.6 Å². The van der Waals surface area contributed by atoms with Crippen LogP contribution in [0.2, 0.25) is 0 Å². The molecule has 0 unspecified atom stereocenters. The lowest BCUT2D eigenvalue weighted by Crippen LogP contribution is -2.46. The van der Waals surface area contributed by atoms with Gasteiger partial charge in [-0.3, -0.25) is 4.79 Å². The van der Waals surface area contributed by atoms with Gasteiger partial charge in [0.05, 0.1) is 24.2 Å². The van der Waals surface area contributed by atoms with E-state index in [9.17, 15) is 9.59 Å². The number of aldehydes is 1. The second-order valence-electron chi connectivity index (χ2n) is 4.66. The first-order valence-corrected chi connectivity index (χ1v) is 5.99. The van der Waals surface area contributed by atoms with Crippen LogP contribution in [0.15, 0.2) is 24.3 Å². The van der Waals surface area contributed by atoms with Crippen LogP contribution in [0.1, 0.15) is 34.1 Å². The standard InChI is InChI=1S/C14H16O4/c1-2-14(8-17-9-14)10-18-13(16)12-5-3-11(7-15)4-6-12/h3-7H,2,8-10H2,1H3. The molecule has 18 heavy (non-hydrogen) atoms. The van der Waals surface area contributed by atoms with Crippen molar-refractivity contribution in [2.75, 3.05) is 19.8 Å². The van der Waals surface area contributed by atoms with Gasteiger partial charge in [-0.2, -0.15) is 0 Å². The van der Waals surface area contributed by atoms with Gasteiger partial charge in [0.15, 0.2) is 0 Å². The summed E-state index contributed by atoms with van der Waals surface area (Å²) in [7, 11) is 0. The summed E-state index contributed by atoms with van der Waals surface area (Å²) in [6.07, 6.45) is 1.68. The molecule has 1 saturated heterocycles. The molecule has 0 radical (unpaired) electrons. The molecular weight excluding hydrogens is 232 g/mol. The van der Waals surface area contributed by atoms with Gasteiger partial charge in [-0.1, -0.05) is 19.1 Å². The Labute approximate surface area is 106 Å². The summed E-state index contributed by atoms with van der Waals surface area (Å²) in [5.74, 6) is -0.354. The highest BCUT2D eigenvalue weighted by atomic mass is 16.5. The summed E-state index contributed by atoms with van der Waals surface area (Å²) >= 11 is 0. The number of esters is 1. The molecule has 0 spiro atoms. The van der Waals surface area contributed by atoms with Crippen LogP contribution < -0.4 is 0 Å². The van der Waals surface area contributed by atoms with E-state index in [1.54, 1.807) is 24.3 Å². The second-order valence-corrected chi connectivity index (χ2v) is 4.66. The fraction of sp³-hybridized carbons (Fsp3) is 0.429. The summed E-state index contributed by atoms with van der Waals surface area (Å²) in [6.45, 7) is 3.76. The molecule has 0 aromatic heterocycles. The third-order valence-corrected chi connectivity index (χ3v) is 3.36. The SMILES string of the molecule is CCC1(COC(=O)c2ccc(C=O)cc2)COC1. The third kappa shape index (κ3) is 2.59. The molecule has 1 aliphatic rings. The van der Waals surface area contributed by atoms with Gasteiger partial charge in [0.25, 0.3) is 0 Å². The van der Waals surface area contributed by atoms with Gasteiger partial charge in [-0.15, -0.1) is 0 Å². The van der Waals surface area contributed by atoms with E-state index in [2.05, 4.69) is 6.92 Å². The van der Waals surface area contributed by atoms with Crippen LogP contribution in [0, 0.1) is 5.41 Å². The van der Waals surface area contributed by atoms with Crippen LogP contribution in [0.25, 0.3) is 0 Å². The Hall–Kier alpha value is -1.68. The number of hydrogen-bond acceptors (Lipinski definition) is 4. The monoisotopic (exact) mass is 248 g/mol. The number of rotatable bonds is 5. The van der Waals surface area contributed by atoms with Crippen molar-refractivity contribution < 1.29 is 19.1 Å². The highest BCUT2D eigenvalue weighted by Gasteiger charge is 2.38. The largest absolute Gasteiger partial charge is 0.461 e. The van der Waals surface area contributed by atoms with Gasteiger partial charge < -0.3 is 9.47 Å². The van der Waals surface area contributed by atoms with E-state index in [0.29, 0.717) is 30.9 Å². The van der Waals surface area contributed by atoms with Crippen molar-refractivity contribution in [1.29, 1.82) is 0 Å². The van der Waals surface area contributed by atoms with E-state index < -0.39 is 0 Å². The van der Waals surface area contributed by atoms with Crippen LogP contribution in [-0.2, 0) is 9.47 Å². The highest BCUT2D eigenvalue weighted by Crippen LogP contribution is 2.31. The Morgan fingerprint density at radius 3 is 2.50 bits per heavy atom.